The molecule has 7 nitrogen and oxygen atoms in total. The minimum Gasteiger partial charge on any atom is -0.467 e. The van der Waals surface area contributed by atoms with E-state index in [1.165, 1.54) is 12.7 Å². The van der Waals surface area contributed by atoms with Gasteiger partial charge in [0.05, 0.1) is 7.11 Å². The summed E-state index contributed by atoms with van der Waals surface area (Å²) >= 11 is 0. The summed E-state index contributed by atoms with van der Waals surface area (Å²) < 4.78 is 10.0. The third-order valence-corrected chi connectivity index (χ3v) is 5.39. The minimum absolute atomic E-state index is 0.190. The van der Waals surface area contributed by atoms with Crippen LogP contribution >= 0.6 is 0 Å². The van der Waals surface area contributed by atoms with E-state index in [0.29, 0.717) is 25.8 Å². The maximum Gasteiger partial charge on any atom is 0.407 e. The van der Waals surface area contributed by atoms with Crippen molar-refractivity contribution in [3.05, 3.63) is 70.8 Å². The first-order chi connectivity index (χ1) is 15.9. The summed E-state index contributed by atoms with van der Waals surface area (Å²) in [5.41, 5.74) is 4.22. The standard InChI is InChI=1S/C26H34N2O5/c1-19-13-14-22(16-20(19)2)17-23(25(30)32-3)28-24(29)12-8-5-9-15-27-26(31)33-18-21-10-6-4-7-11-21/h4,6-7,10-11,13-14,16,23H,5,8-9,12,15,17-18H2,1-3H3,(H,27,31)(H,28,29)/t23-/m0/s1. The van der Waals surface area contributed by atoms with E-state index in [1.54, 1.807) is 0 Å². The van der Waals surface area contributed by atoms with Crippen molar-refractivity contribution in [2.75, 3.05) is 13.7 Å². The van der Waals surface area contributed by atoms with E-state index in [2.05, 4.69) is 10.6 Å². The van der Waals surface area contributed by atoms with Crippen LogP contribution in [-0.4, -0.2) is 37.7 Å². The molecule has 2 N–H and O–H groups in total. The number of carbonyl (C=O) groups excluding carboxylic acids is 3. The molecule has 2 aromatic carbocycles. The van der Waals surface area contributed by atoms with E-state index < -0.39 is 18.1 Å². The van der Waals surface area contributed by atoms with Crippen molar-refractivity contribution in [1.29, 1.82) is 0 Å². The highest BCUT2D eigenvalue weighted by atomic mass is 16.5. The van der Waals surface area contributed by atoms with Gasteiger partial charge in [-0.2, -0.15) is 0 Å². The lowest BCUT2D eigenvalue weighted by atomic mass is 10.0. The van der Waals surface area contributed by atoms with Crippen molar-refractivity contribution in [2.45, 2.75) is 58.6 Å². The number of benzene rings is 2. The molecule has 0 aliphatic rings. The second kappa shape index (κ2) is 13.9. The first kappa shape index (κ1) is 25.9. The monoisotopic (exact) mass is 454 g/mol. The Morgan fingerprint density at radius 3 is 2.36 bits per heavy atom. The van der Waals surface area contributed by atoms with E-state index in [-0.39, 0.29) is 12.5 Å². The van der Waals surface area contributed by atoms with Gasteiger partial charge in [-0.1, -0.05) is 55.0 Å². The van der Waals surface area contributed by atoms with Crippen molar-refractivity contribution in [3.63, 3.8) is 0 Å². The summed E-state index contributed by atoms with van der Waals surface area (Å²) in [5.74, 6) is -0.649. The van der Waals surface area contributed by atoms with Crippen LogP contribution in [0.2, 0.25) is 0 Å². The van der Waals surface area contributed by atoms with Gasteiger partial charge in [-0.3, -0.25) is 4.79 Å². The highest BCUT2D eigenvalue weighted by Gasteiger charge is 2.22. The van der Waals surface area contributed by atoms with E-state index in [9.17, 15) is 14.4 Å². The molecule has 33 heavy (non-hydrogen) atoms. The lowest BCUT2D eigenvalue weighted by Gasteiger charge is -2.17. The molecule has 1 atom stereocenters. The van der Waals surface area contributed by atoms with Crippen molar-refractivity contribution in [1.82, 2.24) is 10.6 Å². The fraction of sp³-hybridized carbons (Fsp3) is 0.423. The van der Waals surface area contributed by atoms with Crippen LogP contribution in [0.4, 0.5) is 4.79 Å². The highest BCUT2D eigenvalue weighted by molar-refractivity contribution is 5.84. The third kappa shape index (κ3) is 9.76. The highest BCUT2D eigenvalue weighted by Crippen LogP contribution is 2.12. The number of aryl methyl sites for hydroxylation is 2. The third-order valence-electron chi connectivity index (χ3n) is 5.39. The van der Waals surface area contributed by atoms with Crippen LogP contribution in [-0.2, 0) is 32.1 Å². The Balaban J connectivity index is 1.64. The summed E-state index contributed by atoms with van der Waals surface area (Å²) in [5, 5.41) is 5.50. The zero-order valence-electron chi connectivity index (χ0n) is 19.7. The predicted octanol–water partition coefficient (Wildman–Crippen LogP) is 3.99. The van der Waals surface area contributed by atoms with Gasteiger partial charge in [0.25, 0.3) is 0 Å². The van der Waals surface area contributed by atoms with Gasteiger partial charge >= 0.3 is 12.1 Å². The fourth-order valence-electron chi connectivity index (χ4n) is 3.32. The Hall–Kier alpha value is -3.35. The molecule has 0 unspecified atom stereocenters. The van der Waals surface area contributed by atoms with E-state index >= 15 is 0 Å². The van der Waals surface area contributed by atoms with Crippen molar-refractivity contribution in [2.24, 2.45) is 0 Å². The molecule has 2 rings (SSSR count). The molecule has 0 heterocycles. The second-order valence-corrected chi connectivity index (χ2v) is 8.07. The number of carbonyl (C=O) groups is 3. The number of hydrogen-bond donors (Lipinski definition) is 2. The van der Waals surface area contributed by atoms with Crippen molar-refractivity contribution < 1.29 is 23.9 Å². The second-order valence-electron chi connectivity index (χ2n) is 8.07. The number of methoxy groups -OCH3 is 1. The number of amides is 2. The maximum atomic E-state index is 12.3. The minimum atomic E-state index is -0.717. The fourth-order valence-corrected chi connectivity index (χ4v) is 3.32. The zero-order chi connectivity index (χ0) is 24.1. The van der Waals surface area contributed by atoms with Gasteiger partial charge in [0.15, 0.2) is 0 Å². The number of rotatable bonds is 12. The molecule has 0 aliphatic heterocycles. The number of esters is 1. The van der Waals surface area contributed by atoms with Crippen LogP contribution in [0.25, 0.3) is 0 Å². The van der Waals surface area contributed by atoms with Crippen LogP contribution < -0.4 is 10.6 Å². The van der Waals surface area contributed by atoms with Gasteiger partial charge in [-0.05, 0) is 48.9 Å². The van der Waals surface area contributed by atoms with Crippen LogP contribution in [0.5, 0.6) is 0 Å². The SMILES string of the molecule is COC(=O)[C@H](Cc1ccc(C)c(C)c1)NC(=O)CCCCCNC(=O)OCc1ccccc1. The molecule has 0 saturated carbocycles. The molecule has 0 saturated heterocycles. The first-order valence-corrected chi connectivity index (χ1v) is 11.3. The molecule has 178 valence electrons. The molecule has 0 aliphatic carbocycles. The summed E-state index contributed by atoms with van der Waals surface area (Å²) in [6, 6.07) is 14.8. The van der Waals surface area contributed by atoms with E-state index in [4.69, 9.17) is 9.47 Å². The molecule has 0 radical (unpaired) electrons. The topological polar surface area (TPSA) is 93.7 Å². The Morgan fingerprint density at radius 1 is 0.909 bits per heavy atom. The van der Waals surface area contributed by atoms with Crippen LogP contribution in [0.1, 0.15) is 47.9 Å². The number of nitrogens with one attached hydrogen (secondary N) is 2. The summed E-state index contributed by atoms with van der Waals surface area (Å²) in [6.45, 7) is 4.76. The van der Waals surface area contributed by atoms with Gasteiger partial charge in [0.2, 0.25) is 5.91 Å². The Kier molecular flexibility index (Phi) is 10.9. The summed E-state index contributed by atoms with van der Waals surface area (Å²) in [4.78, 5) is 36.2. The van der Waals surface area contributed by atoms with Crippen LogP contribution in [0, 0.1) is 13.8 Å². The number of hydrogen-bond acceptors (Lipinski definition) is 5. The van der Waals surface area contributed by atoms with Gasteiger partial charge in [-0.15, -0.1) is 0 Å². The molecule has 0 bridgehead atoms. The molecule has 0 spiro atoms. The Morgan fingerprint density at radius 2 is 1.67 bits per heavy atom. The molecular weight excluding hydrogens is 420 g/mol. The van der Waals surface area contributed by atoms with E-state index in [1.807, 2.05) is 62.4 Å². The number of ether oxygens (including phenoxy) is 2. The lowest BCUT2D eigenvalue weighted by Crippen LogP contribution is -2.43. The Labute approximate surface area is 195 Å². The Bertz CT molecular complexity index is 914. The predicted molar refractivity (Wildman–Crippen MR) is 127 cm³/mol. The van der Waals surface area contributed by atoms with Crippen LogP contribution in [0.3, 0.4) is 0 Å². The zero-order valence-corrected chi connectivity index (χ0v) is 19.7. The number of alkyl carbamates (subject to hydrolysis) is 1. The average molecular weight is 455 g/mol. The largest absolute Gasteiger partial charge is 0.467 e. The van der Waals surface area contributed by atoms with Gasteiger partial charge in [-0.25, -0.2) is 9.59 Å². The van der Waals surface area contributed by atoms with Gasteiger partial charge < -0.3 is 20.1 Å². The average Bonchev–Trinajstić information content (AvgIpc) is 2.82. The number of unbranched alkanes of at least 4 members (excludes halogenated alkanes) is 2. The summed E-state index contributed by atoms with van der Waals surface area (Å²) in [6.07, 6.45) is 2.39. The first-order valence-electron chi connectivity index (χ1n) is 11.3. The molecule has 2 amide bonds. The lowest BCUT2D eigenvalue weighted by molar-refractivity contribution is -0.145. The van der Waals surface area contributed by atoms with Crippen LogP contribution in [0.15, 0.2) is 48.5 Å². The molecule has 7 heteroatoms. The summed E-state index contributed by atoms with van der Waals surface area (Å²) in [7, 11) is 1.32. The quantitative estimate of drug-likeness (QED) is 0.374. The van der Waals surface area contributed by atoms with E-state index in [0.717, 1.165) is 29.5 Å². The molecule has 0 aromatic heterocycles. The van der Waals surface area contributed by atoms with Crippen molar-refractivity contribution >= 4 is 18.0 Å². The smallest absolute Gasteiger partial charge is 0.407 e. The van der Waals surface area contributed by atoms with Gasteiger partial charge in [0, 0.05) is 19.4 Å². The molecular formula is C26H34N2O5. The normalized spacial score (nSPS) is 11.4. The van der Waals surface area contributed by atoms with Gasteiger partial charge in [0.1, 0.15) is 12.6 Å². The molecule has 2 aromatic rings. The maximum absolute atomic E-state index is 12.3. The van der Waals surface area contributed by atoms with Crippen molar-refractivity contribution in [3.8, 4) is 0 Å². The molecule has 0 fully saturated rings.